The molecule has 0 aromatic carbocycles. The zero-order valence-corrected chi connectivity index (χ0v) is 14.2. The van der Waals surface area contributed by atoms with Crippen LogP contribution in [0.15, 0.2) is 21.6 Å². The summed E-state index contributed by atoms with van der Waals surface area (Å²) in [6.07, 6.45) is 0.728. The zero-order valence-electron chi connectivity index (χ0n) is 13.4. The van der Waals surface area contributed by atoms with Gasteiger partial charge in [-0.05, 0) is 31.9 Å². The molecule has 1 saturated heterocycles. The molecule has 0 saturated carbocycles. The lowest BCUT2D eigenvalue weighted by molar-refractivity contribution is -0.124. The summed E-state index contributed by atoms with van der Waals surface area (Å²) in [5.41, 5.74) is 0. The van der Waals surface area contributed by atoms with Gasteiger partial charge in [0, 0.05) is 20.2 Å². The Morgan fingerprint density at radius 3 is 2.79 bits per heavy atom. The molecule has 1 amide bonds. The second-order valence-electron chi connectivity index (χ2n) is 5.49. The molecule has 0 bridgehead atoms. The summed E-state index contributed by atoms with van der Waals surface area (Å²) in [4.78, 5) is 23.1. The summed E-state index contributed by atoms with van der Waals surface area (Å²) >= 11 is 0. The fourth-order valence-corrected chi connectivity index (χ4v) is 4.00. The summed E-state index contributed by atoms with van der Waals surface area (Å²) in [5.74, 6) is -2.24. The van der Waals surface area contributed by atoms with Crippen LogP contribution in [0.25, 0.3) is 0 Å². The van der Waals surface area contributed by atoms with Crippen LogP contribution in [0.2, 0.25) is 0 Å². The van der Waals surface area contributed by atoms with Crippen LogP contribution in [0, 0.1) is 0 Å². The van der Waals surface area contributed by atoms with E-state index in [-0.39, 0.29) is 19.2 Å². The van der Waals surface area contributed by atoms with E-state index in [4.69, 9.17) is 14.3 Å². The third-order valence-electron chi connectivity index (χ3n) is 3.83. The second-order valence-corrected chi connectivity index (χ2v) is 7.31. The second kappa shape index (κ2) is 7.32. The van der Waals surface area contributed by atoms with Crippen LogP contribution in [0.4, 0.5) is 0 Å². The molecule has 1 fully saturated rings. The number of hydrogen-bond acceptors (Lipinski definition) is 6. The molecule has 2 unspecified atom stereocenters. The average Bonchev–Trinajstić information content (AvgIpc) is 3.20. The summed E-state index contributed by atoms with van der Waals surface area (Å²) in [6, 6.07) is 1.30. The van der Waals surface area contributed by atoms with Crippen LogP contribution in [0.3, 0.4) is 0 Å². The number of furan rings is 1. The molecule has 10 heteroatoms. The molecule has 2 N–H and O–H groups in total. The van der Waals surface area contributed by atoms with E-state index in [2.05, 4.69) is 5.32 Å². The highest BCUT2D eigenvalue weighted by Crippen LogP contribution is 2.27. The lowest BCUT2D eigenvalue weighted by atomic mass is 10.2. The first-order valence-electron chi connectivity index (χ1n) is 7.43. The molecule has 24 heavy (non-hydrogen) atoms. The molecule has 2 heterocycles. The first-order valence-corrected chi connectivity index (χ1v) is 8.87. The maximum absolute atomic E-state index is 12.6. The summed E-state index contributed by atoms with van der Waals surface area (Å²) in [5, 5.41) is 11.0. The van der Waals surface area contributed by atoms with Gasteiger partial charge in [0.25, 0.3) is 10.0 Å². The SMILES string of the molecule is COC(C)CNC(=O)C1CCCN1S(=O)(=O)c1ccc(C(=O)O)o1. The van der Waals surface area contributed by atoms with E-state index < -0.39 is 38.8 Å². The number of carbonyl (C=O) groups is 2. The predicted molar refractivity (Wildman–Crippen MR) is 82.1 cm³/mol. The third kappa shape index (κ3) is 3.77. The van der Waals surface area contributed by atoms with Gasteiger partial charge in [-0.25, -0.2) is 13.2 Å². The normalized spacial score (nSPS) is 20.0. The highest BCUT2D eigenvalue weighted by Gasteiger charge is 2.41. The number of amides is 1. The fraction of sp³-hybridized carbons (Fsp3) is 0.571. The van der Waals surface area contributed by atoms with E-state index in [9.17, 15) is 18.0 Å². The van der Waals surface area contributed by atoms with Gasteiger partial charge in [0.15, 0.2) is 0 Å². The number of nitrogens with zero attached hydrogens (tertiary/aromatic N) is 1. The molecule has 1 aliphatic rings. The Balaban J connectivity index is 2.15. The van der Waals surface area contributed by atoms with Gasteiger partial charge in [0.1, 0.15) is 6.04 Å². The lowest BCUT2D eigenvalue weighted by Crippen LogP contribution is -2.47. The number of ether oxygens (including phenoxy) is 1. The topological polar surface area (TPSA) is 126 Å². The standard InChI is InChI=1S/C14H20N2O7S/c1-9(22-2)8-15-13(17)10-4-3-7-16(10)24(20,21)12-6-5-11(23-12)14(18)19/h5-6,9-10H,3-4,7-8H2,1-2H3,(H,15,17)(H,18,19). The molecule has 0 spiro atoms. The molecule has 1 aromatic rings. The molecule has 2 rings (SSSR count). The van der Waals surface area contributed by atoms with E-state index >= 15 is 0 Å². The number of carboxylic acids is 1. The van der Waals surface area contributed by atoms with Crippen molar-refractivity contribution < 1.29 is 32.3 Å². The molecule has 2 atom stereocenters. The van der Waals surface area contributed by atoms with Crippen LogP contribution in [0.5, 0.6) is 0 Å². The van der Waals surface area contributed by atoms with Crippen molar-refractivity contribution in [3.05, 3.63) is 17.9 Å². The molecular formula is C14H20N2O7S. The Hall–Kier alpha value is -1.91. The number of nitrogens with one attached hydrogen (secondary N) is 1. The number of aromatic carboxylic acids is 1. The Morgan fingerprint density at radius 1 is 1.50 bits per heavy atom. The smallest absolute Gasteiger partial charge is 0.371 e. The lowest BCUT2D eigenvalue weighted by Gasteiger charge is -2.22. The maximum Gasteiger partial charge on any atom is 0.371 e. The van der Waals surface area contributed by atoms with Crippen LogP contribution in [-0.2, 0) is 19.6 Å². The van der Waals surface area contributed by atoms with E-state index in [0.717, 1.165) is 16.4 Å². The number of hydrogen-bond donors (Lipinski definition) is 2. The number of carbonyl (C=O) groups excluding carboxylic acids is 1. The van der Waals surface area contributed by atoms with Gasteiger partial charge in [-0.15, -0.1) is 0 Å². The van der Waals surface area contributed by atoms with Gasteiger partial charge in [-0.3, -0.25) is 4.79 Å². The van der Waals surface area contributed by atoms with Crippen LogP contribution in [0.1, 0.15) is 30.3 Å². The minimum Gasteiger partial charge on any atom is -0.475 e. The Labute approximate surface area is 139 Å². The molecule has 1 aromatic heterocycles. The quantitative estimate of drug-likeness (QED) is 0.715. The summed E-state index contributed by atoms with van der Waals surface area (Å²) in [6.45, 7) is 2.21. The van der Waals surface area contributed by atoms with Gasteiger partial charge in [-0.2, -0.15) is 4.31 Å². The highest BCUT2D eigenvalue weighted by molar-refractivity contribution is 7.89. The fourth-order valence-electron chi connectivity index (χ4n) is 2.42. The van der Waals surface area contributed by atoms with Crippen molar-refractivity contribution in [3.8, 4) is 0 Å². The maximum atomic E-state index is 12.6. The average molecular weight is 360 g/mol. The van der Waals surface area contributed by atoms with Gasteiger partial charge >= 0.3 is 5.97 Å². The summed E-state index contributed by atoms with van der Waals surface area (Å²) < 4.78 is 36.2. The highest BCUT2D eigenvalue weighted by atomic mass is 32.2. The number of rotatable bonds is 7. The third-order valence-corrected chi connectivity index (χ3v) is 5.61. The number of sulfonamides is 1. The molecule has 134 valence electrons. The van der Waals surface area contributed by atoms with Crippen molar-refractivity contribution in [2.24, 2.45) is 0 Å². The Bertz CT molecular complexity index is 712. The van der Waals surface area contributed by atoms with Crippen LogP contribution < -0.4 is 5.32 Å². The zero-order chi connectivity index (χ0) is 17.9. The molecule has 1 aliphatic heterocycles. The minimum absolute atomic E-state index is 0.170. The van der Waals surface area contributed by atoms with Crippen LogP contribution in [-0.4, -0.2) is 62.1 Å². The molecule has 0 radical (unpaired) electrons. The van der Waals surface area contributed by atoms with E-state index in [1.54, 1.807) is 6.92 Å². The predicted octanol–water partition coefficient (Wildman–Crippen LogP) is 0.282. The summed E-state index contributed by atoms with van der Waals surface area (Å²) in [7, 11) is -2.56. The Morgan fingerprint density at radius 2 is 2.21 bits per heavy atom. The van der Waals surface area contributed by atoms with E-state index in [1.807, 2.05) is 0 Å². The monoisotopic (exact) mass is 360 g/mol. The van der Waals surface area contributed by atoms with E-state index in [1.165, 1.54) is 7.11 Å². The largest absolute Gasteiger partial charge is 0.475 e. The first-order chi connectivity index (χ1) is 11.3. The van der Waals surface area contributed by atoms with Gasteiger partial charge in [0.05, 0.1) is 6.10 Å². The van der Waals surface area contributed by atoms with Crippen molar-refractivity contribution in [1.29, 1.82) is 0 Å². The van der Waals surface area contributed by atoms with Gasteiger partial charge < -0.3 is 19.6 Å². The number of carboxylic acid groups (broad SMARTS) is 1. The minimum atomic E-state index is -4.08. The van der Waals surface area contributed by atoms with Crippen molar-refractivity contribution in [2.45, 2.75) is 37.0 Å². The molecule has 9 nitrogen and oxygen atoms in total. The first kappa shape index (κ1) is 18.4. The molecule has 0 aliphatic carbocycles. The Kier molecular flexibility index (Phi) is 5.62. The van der Waals surface area contributed by atoms with Crippen LogP contribution >= 0.6 is 0 Å². The molecular weight excluding hydrogens is 340 g/mol. The number of methoxy groups -OCH3 is 1. The van der Waals surface area contributed by atoms with Gasteiger partial charge in [0.2, 0.25) is 16.8 Å². The van der Waals surface area contributed by atoms with E-state index in [0.29, 0.717) is 12.8 Å². The van der Waals surface area contributed by atoms with Crippen molar-refractivity contribution >= 4 is 21.9 Å². The van der Waals surface area contributed by atoms with Crippen molar-refractivity contribution in [1.82, 2.24) is 9.62 Å². The van der Waals surface area contributed by atoms with Gasteiger partial charge in [-0.1, -0.05) is 0 Å². The van der Waals surface area contributed by atoms with Crippen molar-refractivity contribution in [2.75, 3.05) is 20.2 Å². The van der Waals surface area contributed by atoms with Crippen molar-refractivity contribution in [3.63, 3.8) is 0 Å².